The number of methoxy groups -OCH3 is 1. The lowest BCUT2D eigenvalue weighted by Crippen LogP contribution is -2.06. The van der Waals surface area contributed by atoms with Gasteiger partial charge in [0.15, 0.2) is 11.5 Å². The topological polar surface area (TPSA) is 80.8 Å². The van der Waals surface area contributed by atoms with Crippen LogP contribution in [0.1, 0.15) is 5.69 Å². The Hall–Kier alpha value is -2.54. The second-order valence-corrected chi connectivity index (χ2v) is 5.23. The maximum Gasteiger partial charge on any atom is 0.229 e. The van der Waals surface area contributed by atoms with E-state index in [2.05, 4.69) is 20.6 Å². The number of ether oxygens (including phenoxy) is 3. The molecule has 0 unspecified atom stereocenters. The minimum atomic E-state index is 0.189. The molecule has 2 N–H and O–H groups in total. The van der Waals surface area contributed by atoms with Crippen LogP contribution in [0.2, 0.25) is 0 Å². The van der Waals surface area contributed by atoms with Gasteiger partial charge >= 0.3 is 0 Å². The lowest BCUT2D eigenvalue weighted by atomic mass is 10.2. The molecule has 1 aromatic heterocycles. The lowest BCUT2D eigenvalue weighted by molar-refractivity contribution is 0.252. The Labute approximate surface area is 135 Å². The predicted molar refractivity (Wildman–Crippen MR) is 87.8 cm³/mol. The van der Waals surface area contributed by atoms with Crippen molar-refractivity contribution in [3.63, 3.8) is 0 Å². The molecule has 2 aromatic rings. The number of hydrogen-bond acceptors (Lipinski definition) is 7. The highest BCUT2D eigenvalue weighted by atomic mass is 16.6. The summed E-state index contributed by atoms with van der Waals surface area (Å²) in [5, 5.41) is 6.20. The normalized spacial score (nSPS) is 15.9. The zero-order valence-corrected chi connectivity index (χ0v) is 13.4. The van der Waals surface area contributed by atoms with Gasteiger partial charge in [0, 0.05) is 30.6 Å². The predicted octanol–water partition coefficient (Wildman–Crippen LogP) is 2.36. The van der Waals surface area contributed by atoms with Gasteiger partial charge in [-0.1, -0.05) is 0 Å². The average Bonchev–Trinajstić information content (AvgIpc) is 3.37. The third-order valence-electron chi connectivity index (χ3n) is 3.36. The van der Waals surface area contributed by atoms with E-state index in [-0.39, 0.29) is 6.10 Å². The molecule has 1 aromatic carbocycles. The quantitative estimate of drug-likeness (QED) is 0.759. The molecule has 0 saturated carbocycles. The Morgan fingerprint density at radius 1 is 1.26 bits per heavy atom. The molecule has 0 amide bonds. The van der Waals surface area contributed by atoms with Crippen LogP contribution in [-0.4, -0.2) is 43.4 Å². The van der Waals surface area contributed by atoms with E-state index in [1.165, 1.54) is 0 Å². The van der Waals surface area contributed by atoms with E-state index in [1.807, 2.05) is 38.2 Å². The maximum absolute atomic E-state index is 5.76. The molecule has 0 radical (unpaired) electrons. The van der Waals surface area contributed by atoms with Gasteiger partial charge in [0.1, 0.15) is 18.5 Å². The SMILES string of the molecule is CNc1cc(C)nc(Nc2ccc(OC)c(OC[C@H]3CO3)c2)n1. The van der Waals surface area contributed by atoms with Crippen LogP contribution >= 0.6 is 0 Å². The molecule has 1 aliphatic heterocycles. The van der Waals surface area contributed by atoms with Crippen LogP contribution in [0.15, 0.2) is 24.3 Å². The van der Waals surface area contributed by atoms with Crippen LogP contribution in [0.3, 0.4) is 0 Å². The fraction of sp³-hybridized carbons (Fsp3) is 0.375. The summed E-state index contributed by atoms with van der Waals surface area (Å²) in [5.74, 6) is 2.62. The van der Waals surface area contributed by atoms with Gasteiger partial charge in [-0.2, -0.15) is 4.98 Å². The summed E-state index contributed by atoms with van der Waals surface area (Å²) < 4.78 is 16.2. The van der Waals surface area contributed by atoms with E-state index in [9.17, 15) is 0 Å². The van der Waals surface area contributed by atoms with Gasteiger partial charge in [-0.15, -0.1) is 0 Å². The van der Waals surface area contributed by atoms with Gasteiger partial charge in [-0.05, 0) is 19.1 Å². The highest BCUT2D eigenvalue weighted by Crippen LogP contribution is 2.32. The molecular formula is C16H20N4O3. The van der Waals surface area contributed by atoms with Crippen LogP contribution in [0.25, 0.3) is 0 Å². The summed E-state index contributed by atoms with van der Waals surface area (Å²) in [6, 6.07) is 7.49. The molecule has 23 heavy (non-hydrogen) atoms. The standard InChI is InChI=1S/C16H20N4O3/c1-10-6-15(17-2)20-16(18-10)19-11-4-5-13(21-3)14(7-11)23-9-12-8-22-12/h4-7,12H,8-9H2,1-3H3,(H2,17,18,19,20)/t12-/m1/s1. The lowest BCUT2D eigenvalue weighted by Gasteiger charge is -2.13. The van der Waals surface area contributed by atoms with E-state index in [4.69, 9.17) is 14.2 Å². The summed E-state index contributed by atoms with van der Waals surface area (Å²) in [7, 11) is 3.44. The van der Waals surface area contributed by atoms with Crippen molar-refractivity contribution in [3.05, 3.63) is 30.0 Å². The Bertz CT molecular complexity index is 689. The first-order valence-corrected chi connectivity index (χ1v) is 7.41. The van der Waals surface area contributed by atoms with Crippen molar-refractivity contribution in [2.24, 2.45) is 0 Å². The van der Waals surface area contributed by atoms with Crippen molar-refractivity contribution in [1.29, 1.82) is 0 Å². The molecule has 2 heterocycles. The molecule has 122 valence electrons. The minimum Gasteiger partial charge on any atom is -0.493 e. The van der Waals surface area contributed by atoms with Crippen LogP contribution in [0.5, 0.6) is 11.5 Å². The number of benzene rings is 1. The van der Waals surface area contributed by atoms with Crippen molar-refractivity contribution in [1.82, 2.24) is 9.97 Å². The molecule has 0 aliphatic carbocycles. The van der Waals surface area contributed by atoms with Crippen LogP contribution in [0.4, 0.5) is 17.5 Å². The number of aryl methyl sites for hydroxylation is 1. The zero-order valence-electron chi connectivity index (χ0n) is 13.4. The highest BCUT2D eigenvalue weighted by molar-refractivity contribution is 5.60. The summed E-state index contributed by atoms with van der Waals surface area (Å²) in [6.07, 6.45) is 0.189. The molecule has 1 fully saturated rings. The summed E-state index contributed by atoms with van der Waals surface area (Å²) in [6.45, 7) is 3.20. The van der Waals surface area contributed by atoms with Gasteiger partial charge < -0.3 is 24.8 Å². The molecule has 1 aliphatic rings. The van der Waals surface area contributed by atoms with E-state index in [0.717, 1.165) is 23.8 Å². The smallest absolute Gasteiger partial charge is 0.229 e. The zero-order chi connectivity index (χ0) is 16.2. The van der Waals surface area contributed by atoms with Crippen LogP contribution < -0.4 is 20.1 Å². The molecule has 3 rings (SSSR count). The fourth-order valence-corrected chi connectivity index (χ4v) is 2.10. The Morgan fingerprint density at radius 2 is 2.09 bits per heavy atom. The molecule has 0 bridgehead atoms. The Morgan fingerprint density at radius 3 is 2.78 bits per heavy atom. The van der Waals surface area contributed by atoms with Gasteiger partial charge in [-0.25, -0.2) is 4.98 Å². The van der Waals surface area contributed by atoms with Gasteiger partial charge in [-0.3, -0.25) is 0 Å². The minimum absolute atomic E-state index is 0.189. The van der Waals surface area contributed by atoms with Gasteiger partial charge in [0.2, 0.25) is 5.95 Å². The monoisotopic (exact) mass is 316 g/mol. The number of aromatic nitrogens is 2. The fourth-order valence-electron chi connectivity index (χ4n) is 2.10. The first-order chi connectivity index (χ1) is 11.2. The van der Waals surface area contributed by atoms with Crippen molar-refractivity contribution in [2.45, 2.75) is 13.0 Å². The average molecular weight is 316 g/mol. The molecule has 7 heteroatoms. The second-order valence-electron chi connectivity index (χ2n) is 5.23. The van der Waals surface area contributed by atoms with Crippen LogP contribution in [-0.2, 0) is 4.74 Å². The number of nitrogens with one attached hydrogen (secondary N) is 2. The van der Waals surface area contributed by atoms with E-state index in [0.29, 0.717) is 24.1 Å². The van der Waals surface area contributed by atoms with Gasteiger partial charge in [0.05, 0.1) is 13.7 Å². The Balaban J connectivity index is 1.78. The number of hydrogen-bond donors (Lipinski definition) is 2. The number of epoxide rings is 1. The van der Waals surface area contributed by atoms with E-state index >= 15 is 0 Å². The Kier molecular flexibility index (Phi) is 4.47. The van der Waals surface area contributed by atoms with E-state index < -0.39 is 0 Å². The van der Waals surface area contributed by atoms with Crippen molar-refractivity contribution in [3.8, 4) is 11.5 Å². The van der Waals surface area contributed by atoms with E-state index in [1.54, 1.807) is 7.11 Å². The third-order valence-corrected chi connectivity index (χ3v) is 3.36. The molecule has 1 saturated heterocycles. The van der Waals surface area contributed by atoms with Gasteiger partial charge in [0.25, 0.3) is 0 Å². The largest absolute Gasteiger partial charge is 0.493 e. The summed E-state index contributed by atoms with van der Waals surface area (Å²) in [4.78, 5) is 8.76. The van der Waals surface area contributed by atoms with Crippen molar-refractivity contribution in [2.75, 3.05) is 38.0 Å². The molecule has 0 spiro atoms. The summed E-state index contributed by atoms with van der Waals surface area (Å²) in [5.41, 5.74) is 1.70. The van der Waals surface area contributed by atoms with Crippen molar-refractivity contribution >= 4 is 17.5 Å². The number of nitrogens with zero attached hydrogens (tertiary/aromatic N) is 2. The maximum atomic E-state index is 5.76. The molecular weight excluding hydrogens is 296 g/mol. The summed E-state index contributed by atoms with van der Waals surface area (Å²) >= 11 is 0. The third kappa shape index (κ3) is 4.01. The second kappa shape index (κ2) is 6.70. The molecule has 1 atom stereocenters. The highest BCUT2D eigenvalue weighted by Gasteiger charge is 2.23. The number of anilines is 3. The first-order valence-electron chi connectivity index (χ1n) is 7.41. The van der Waals surface area contributed by atoms with Crippen LogP contribution in [0, 0.1) is 6.92 Å². The first kappa shape index (κ1) is 15.4. The number of rotatable bonds is 7. The molecule has 7 nitrogen and oxygen atoms in total. The van der Waals surface area contributed by atoms with Crippen molar-refractivity contribution < 1.29 is 14.2 Å².